The number of carbonyl (C=O) groups excluding carboxylic acids is 2. The van der Waals surface area contributed by atoms with Crippen LogP contribution >= 0.6 is 11.8 Å². The highest BCUT2D eigenvalue weighted by Crippen LogP contribution is 2.32. The van der Waals surface area contributed by atoms with Gasteiger partial charge < -0.3 is 23.8 Å². The highest BCUT2D eigenvalue weighted by atomic mass is 32.2. The normalized spacial score (nSPS) is 17.8. The monoisotopic (exact) mass is 457 g/mol. The first-order valence-corrected chi connectivity index (χ1v) is 11.6. The Kier molecular flexibility index (Phi) is 7.22. The van der Waals surface area contributed by atoms with Gasteiger partial charge in [-0.1, -0.05) is 12.1 Å². The van der Waals surface area contributed by atoms with E-state index in [1.807, 2.05) is 41.3 Å². The number of hydrogen-bond acceptors (Lipinski definition) is 7. The summed E-state index contributed by atoms with van der Waals surface area (Å²) < 4.78 is 22.4. The number of ketones is 1. The Morgan fingerprint density at radius 1 is 1.12 bits per heavy atom. The molecule has 4 rings (SSSR count). The lowest BCUT2D eigenvalue weighted by atomic mass is 10.1. The van der Waals surface area contributed by atoms with Crippen LogP contribution in [0.2, 0.25) is 0 Å². The Hall–Kier alpha value is -2.71. The number of rotatable bonds is 8. The highest BCUT2D eigenvalue weighted by Gasteiger charge is 2.27. The molecule has 0 spiro atoms. The molecule has 0 radical (unpaired) electrons. The number of ether oxygens (including phenoxy) is 4. The molecule has 8 heteroatoms. The molecule has 1 saturated heterocycles. The van der Waals surface area contributed by atoms with Gasteiger partial charge in [-0.2, -0.15) is 0 Å². The number of fused-ring (bicyclic) bond motifs is 1. The third kappa shape index (κ3) is 5.02. The van der Waals surface area contributed by atoms with Gasteiger partial charge in [-0.3, -0.25) is 9.59 Å². The van der Waals surface area contributed by atoms with Crippen molar-refractivity contribution in [3.63, 3.8) is 0 Å². The molecule has 32 heavy (non-hydrogen) atoms. The largest absolute Gasteiger partial charge is 0.493 e. The zero-order chi connectivity index (χ0) is 22.5. The summed E-state index contributed by atoms with van der Waals surface area (Å²) in [5, 5.41) is 0. The maximum Gasteiger partial charge on any atom is 0.233 e. The number of methoxy groups -OCH3 is 2. The van der Waals surface area contributed by atoms with Crippen molar-refractivity contribution in [2.75, 3.05) is 46.3 Å². The van der Waals surface area contributed by atoms with Crippen molar-refractivity contribution in [2.45, 2.75) is 23.8 Å². The topological polar surface area (TPSA) is 74.3 Å². The molecule has 2 aromatic carbocycles. The van der Waals surface area contributed by atoms with Gasteiger partial charge in [-0.25, -0.2) is 0 Å². The van der Waals surface area contributed by atoms with E-state index in [1.165, 1.54) is 11.8 Å². The van der Waals surface area contributed by atoms with E-state index in [0.717, 1.165) is 21.8 Å². The van der Waals surface area contributed by atoms with Crippen LogP contribution in [0.5, 0.6) is 17.2 Å². The molecule has 0 aromatic heterocycles. The second kappa shape index (κ2) is 10.3. The van der Waals surface area contributed by atoms with Gasteiger partial charge in [0, 0.05) is 29.0 Å². The fraction of sp³-hybridized carbons (Fsp3) is 0.417. The summed E-state index contributed by atoms with van der Waals surface area (Å²) in [6.07, 6.45) is 1.05. The van der Waals surface area contributed by atoms with Gasteiger partial charge in [-0.15, -0.1) is 11.8 Å². The van der Waals surface area contributed by atoms with Crippen molar-refractivity contribution in [1.29, 1.82) is 0 Å². The number of morpholine rings is 1. The molecule has 2 aromatic rings. The lowest BCUT2D eigenvalue weighted by Gasteiger charge is -2.33. The molecular weight excluding hydrogens is 430 g/mol. The molecule has 0 saturated carbocycles. The summed E-state index contributed by atoms with van der Waals surface area (Å²) in [5.41, 5.74) is 1.74. The van der Waals surface area contributed by atoms with Crippen LogP contribution in [0.1, 0.15) is 22.3 Å². The fourth-order valence-electron chi connectivity index (χ4n) is 3.97. The van der Waals surface area contributed by atoms with Crippen LogP contribution in [-0.2, 0) is 16.0 Å². The fourth-order valence-corrected chi connectivity index (χ4v) is 4.79. The van der Waals surface area contributed by atoms with Crippen LogP contribution in [-0.4, -0.2) is 69.0 Å². The minimum absolute atomic E-state index is 0.0595. The molecule has 1 aliphatic carbocycles. The van der Waals surface area contributed by atoms with E-state index in [0.29, 0.717) is 56.4 Å². The molecule has 1 heterocycles. The average molecular weight is 458 g/mol. The first-order chi connectivity index (χ1) is 15.6. The Balaban J connectivity index is 1.29. The summed E-state index contributed by atoms with van der Waals surface area (Å²) in [6, 6.07) is 11.2. The van der Waals surface area contributed by atoms with Gasteiger partial charge in [0.1, 0.15) is 18.5 Å². The molecule has 1 fully saturated rings. The quantitative estimate of drug-likeness (QED) is 0.564. The second-order valence-corrected chi connectivity index (χ2v) is 8.70. The van der Waals surface area contributed by atoms with Crippen LogP contribution in [0.4, 0.5) is 0 Å². The standard InChI is InChI=1S/C24H27NO6S/c1-28-22-9-6-17(12-23(22)29-2)32-15-24(27)25-10-11-30-16(13-25)14-31-21-5-3-4-18-19(21)7-8-20(18)26/h3-6,9,12,16H,7-8,10-11,13-15H2,1-2H3. The molecule has 1 unspecified atom stereocenters. The van der Waals surface area contributed by atoms with Crippen LogP contribution in [0.25, 0.3) is 0 Å². The van der Waals surface area contributed by atoms with E-state index in [9.17, 15) is 9.59 Å². The van der Waals surface area contributed by atoms with Crippen LogP contribution in [0, 0.1) is 0 Å². The number of benzene rings is 2. The number of Topliss-reactive ketones (excluding diaryl/α,β-unsaturated/α-hetero) is 1. The first-order valence-electron chi connectivity index (χ1n) is 10.6. The molecule has 0 bridgehead atoms. The van der Waals surface area contributed by atoms with Crippen molar-refractivity contribution < 1.29 is 28.5 Å². The van der Waals surface area contributed by atoms with E-state index in [1.54, 1.807) is 14.2 Å². The second-order valence-electron chi connectivity index (χ2n) is 7.65. The van der Waals surface area contributed by atoms with Crippen molar-refractivity contribution in [3.8, 4) is 17.2 Å². The third-order valence-corrected chi connectivity index (χ3v) is 6.65. The molecule has 170 valence electrons. The maximum atomic E-state index is 12.8. The molecule has 0 N–H and O–H groups in total. The number of carbonyl (C=O) groups is 2. The number of amides is 1. The zero-order valence-corrected chi connectivity index (χ0v) is 19.1. The predicted octanol–water partition coefficient (Wildman–Crippen LogP) is 3.23. The predicted molar refractivity (Wildman–Crippen MR) is 121 cm³/mol. The smallest absolute Gasteiger partial charge is 0.233 e. The van der Waals surface area contributed by atoms with Crippen molar-refractivity contribution in [2.24, 2.45) is 0 Å². The van der Waals surface area contributed by atoms with Crippen LogP contribution < -0.4 is 14.2 Å². The minimum atomic E-state index is -0.202. The molecule has 1 amide bonds. The summed E-state index contributed by atoms with van der Waals surface area (Å²) in [6.45, 7) is 1.87. The summed E-state index contributed by atoms with van der Waals surface area (Å²) >= 11 is 1.47. The van der Waals surface area contributed by atoms with E-state index in [2.05, 4.69) is 0 Å². The van der Waals surface area contributed by atoms with Gasteiger partial charge in [0.15, 0.2) is 17.3 Å². The number of nitrogens with zero attached hydrogens (tertiary/aromatic N) is 1. The van der Waals surface area contributed by atoms with Gasteiger partial charge in [-0.05, 0) is 30.7 Å². The molecule has 1 aliphatic heterocycles. The molecule has 7 nitrogen and oxygen atoms in total. The summed E-state index contributed by atoms with van der Waals surface area (Å²) in [5.74, 6) is 2.60. The van der Waals surface area contributed by atoms with Gasteiger partial charge >= 0.3 is 0 Å². The van der Waals surface area contributed by atoms with Crippen molar-refractivity contribution in [3.05, 3.63) is 47.5 Å². The molecule has 2 aliphatic rings. The first kappa shape index (κ1) is 22.5. The Labute approximate surface area is 192 Å². The van der Waals surface area contributed by atoms with E-state index in [4.69, 9.17) is 18.9 Å². The molecule has 1 atom stereocenters. The zero-order valence-electron chi connectivity index (χ0n) is 18.3. The summed E-state index contributed by atoms with van der Waals surface area (Å²) in [4.78, 5) is 27.5. The van der Waals surface area contributed by atoms with Gasteiger partial charge in [0.25, 0.3) is 0 Å². The Morgan fingerprint density at radius 3 is 2.78 bits per heavy atom. The Morgan fingerprint density at radius 2 is 1.97 bits per heavy atom. The number of thioether (sulfide) groups is 1. The number of hydrogen-bond donors (Lipinski definition) is 0. The van der Waals surface area contributed by atoms with E-state index < -0.39 is 0 Å². The van der Waals surface area contributed by atoms with Gasteiger partial charge in [0.2, 0.25) is 5.91 Å². The van der Waals surface area contributed by atoms with E-state index in [-0.39, 0.29) is 17.8 Å². The SMILES string of the molecule is COc1ccc(SCC(=O)N2CCOC(COc3cccc4c3CCC4=O)C2)cc1OC. The average Bonchev–Trinajstić information content (AvgIpc) is 3.22. The van der Waals surface area contributed by atoms with Crippen LogP contribution in [0.15, 0.2) is 41.3 Å². The summed E-state index contributed by atoms with van der Waals surface area (Å²) in [7, 11) is 3.19. The highest BCUT2D eigenvalue weighted by molar-refractivity contribution is 8.00. The van der Waals surface area contributed by atoms with Crippen molar-refractivity contribution >= 4 is 23.5 Å². The minimum Gasteiger partial charge on any atom is -0.493 e. The van der Waals surface area contributed by atoms with E-state index >= 15 is 0 Å². The lowest BCUT2D eigenvalue weighted by molar-refractivity contribution is -0.137. The Bertz CT molecular complexity index is 994. The third-order valence-electron chi connectivity index (χ3n) is 5.67. The maximum absolute atomic E-state index is 12.8. The lowest BCUT2D eigenvalue weighted by Crippen LogP contribution is -2.48. The van der Waals surface area contributed by atoms with Gasteiger partial charge in [0.05, 0.1) is 33.1 Å². The van der Waals surface area contributed by atoms with Crippen molar-refractivity contribution in [1.82, 2.24) is 4.90 Å². The molecular formula is C24H27NO6S. The van der Waals surface area contributed by atoms with Crippen LogP contribution in [0.3, 0.4) is 0 Å².